The van der Waals surface area contributed by atoms with Crippen LogP contribution in [0.2, 0.25) is 0 Å². The van der Waals surface area contributed by atoms with Crippen LogP contribution in [0.15, 0.2) is 35.4 Å². The molecule has 0 amide bonds. The highest BCUT2D eigenvalue weighted by molar-refractivity contribution is 7.89. The van der Waals surface area contributed by atoms with Crippen LogP contribution >= 0.6 is 0 Å². The number of hydrogen-bond donors (Lipinski definition) is 1. The molecule has 0 radical (unpaired) electrons. The van der Waals surface area contributed by atoms with Gasteiger partial charge in [0.15, 0.2) is 0 Å². The fourth-order valence-corrected chi connectivity index (χ4v) is 3.16. The number of benzene rings is 1. The maximum Gasteiger partial charge on any atom is 0.240 e. The molecule has 2 rings (SSSR count). The number of hydrogen-bond acceptors (Lipinski definition) is 3. The number of nitrogens with one attached hydrogen (secondary N) is 1. The first-order valence-corrected chi connectivity index (χ1v) is 8.44. The molecule has 1 N–H and O–H groups in total. The van der Waals surface area contributed by atoms with Gasteiger partial charge in [0, 0.05) is 19.3 Å². The molecule has 0 spiro atoms. The topological polar surface area (TPSA) is 64.0 Å². The van der Waals surface area contributed by atoms with Gasteiger partial charge < -0.3 is 0 Å². The van der Waals surface area contributed by atoms with Crippen molar-refractivity contribution in [3.05, 3.63) is 47.3 Å². The van der Waals surface area contributed by atoms with Gasteiger partial charge in [0.25, 0.3) is 0 Å². The van der Waals surface area contributed by atoms with Crippen LogP contribution < -0.4 is 4.72 Å². The van der Waals surface area contributed by atoms with E-state index in [1.54, 1.807) is 12.1 Å². The third kappa shape index (κ3) is 4.15. The molecule has 0 saturated heterocycles. The molecule has 2 aromatic rings. The second-order valence-electron chi connectivity index (χ2n) is 5.22. The monoisotopic (exact) mass is 307 g/mol. The molecule has 6 heteroatoms. The zero-order valence-corrected chi connectivity index (χ0v) is 13.4. The summed E-state index contributed by atoms with van der Waals surface area (Å²) in [5.41, 5.74) is 3.03. The first-order valence-electron chi connectivity index (χ1n) is 6.95. The normalized spacial score (nSPS) is 11.8. The summed E-state index contributed by atoms with van der Waals surface area (Å²) in [5.74, 6) is 0. The summed E-state index contributed by atoms with van der Waals surface area (Å²) in [6.45, 7) is 6.90. The predicted molar refractivity (Wildman–Crippen MR) is 82.7 cm³/mol. The summed E-state index contributed by atoms with van der Waals surface area (Å²) >= 11 is 0. The van der Waals surface area contributed by atoms with Gasteiger partial charge in [-0.3, -0.25) is 4.68 Å². The minimum Gasteiger partial charge on any atom is -0.272 e. The lowest BCUT2D eigenvalue weighted by Crippen LogP contribution is -2.25. The summed E-state index contributed by atoms with van der Waals surface area (Å²) in [7, 11) is -3.43. The molecule has 0 unspecified atom stereocenters. The molecule has 0 atom stereocenters. The van der Waals surface area contributed by atoms with E-state index in [0.717, 1.165) is 16.8 Å². The van der Waals surface area contributed by atoms with E-state index in [1.807, 2.05) is 43.8 Å². The summed E-state index contributed by atoms with van der Waals surface area (Å²) in [4.78, 5) is 0.320. The Kier molecular flexibility index (Phi) is 4.80. The minimum atomic E-state index is -3.43. The number of sulfonamides is 1. The van der Waals surface area contributed by atoms with E-state index in [0.29, 0.717) is 24.4 Å². The van der Waals surface area contributed by atoms with Gasteiger partial charge >= 0.3 is 0 Å². The van der Waals surface area contributed by atoms with Crippen LogP contribution in [0, 0.1) is 20.8 Å². The Balaban J connectivity index is 1.90. The lowest BCUT2D eigenvalue weighted by atomic mass is 10.1. The van der Waals surface area contributed by atoms with Crippen molar-refractivity contribution in [2.45, 2.75) is 38.6 Å². The molecule has 1 aromatic heterocycles. The second kappa shape index (κ2) is 6.41. The van der Waals surface area contributed by atoms with Crippen LogP contribution in [0.1, 0.15) is 23.2 Å². The third-order valence-corrected chi connectivity index (χ3v) is 4.88. The lowest BCUT2D eigenvalue weighted by molar-refractivity contribution is 0.551. The Bertz CT molecular complexity index is 720. The van der Waals surface area contributed by atoms with E-state index < -0.39 is 10.0 Å². The van der Waals surface area contributed by atoms with Crippen LogP contribution in [0.25, 0.3) is 0 Å². The Morgan fingerprint density at radius 3 is 2.52 bits per heavy atom. The van der Waals surface area contributed by atoms with Crippen molar-refractivity contribution in [2.24, 2.45) is 0 Å². The van der Waals surface area contributed by atoms with Crippen molar-refractivity contribution in [1.82, 2.24) is 14.5 Å². The van der Waals surface area contributed by atoms with Crippen molar-refractivity contribution in [2.75, 3.05) is 6.54 Å². The number of nitrogens with zero attached hydrogens (tertiary/aromatic N) is 2. The maximum atomic E-state index is 12.2. The molecule has 1 aromatic carbocycles. The fraction of sp³-hybridized carbons (Fsp3) is 0.400. The molecule has 0 aliphatic rings. The van der Waals surface area contributed by atoms with Crippen molar-refractivity contribution in [3.8, 4) is 0 Å². The smallest absolute Gasteiger partial charge is 0.240 e. The molecule has 21 heavy (non-hydrogen) atoms. The van der Waals surface area contributed by atoms with Gasteiger partial charge in [-0.1, -0.05) is 6.07 Å². The Morgan fingerprint density at radius 2 is 1.90 bits per heavy atom. The molecule has 0 fully saturated rings. The van der Waals surface area contributed by atoms with Crippen molar-refractivity contribution < 1.29 is 8.42 Å². The van der Waals surface area contributed by atoms with Crippen LogP contribution in [0.4, 0.5) is 0 Å². The molecule has 0 saturated carbocycles. The van der Waals surface area contributed by atoms with E-state index in [2.05, 4.69) is 9.82 Å². The number of rotatable bonds is 6. The van der Waals surface area contributed by atoms with E-state index in [1.165, 1.54) is 0 Å². The SMILES string of the molecule is Cc1ccn(CCCNS(=O)(=O)c2ccc(C)c(C)c2)n1. The zero-order chi connectivity index (χ0) is 15.5. The van der Waals surface area contributed by atoms with E-state index in [9.17, 15) is 8.42 Å². The minimum absolute atomic E-state index is 0.320. The van der Waals surface area contributed by atoms with Crippen LogP contribution in [-0.2, 0) is 16.6 Å². The lowest BCUT2D eigenvalue weighted by Gasteiger charge is -2.08. The molecule has 0 aliphatic carbocycles. The standard InChI is InChI=1S/C15H21N3O2S/c1-12-5-6-15(11-13(12)2)21(19,20)16-8-4-9-18-10-7-14(3)17-18/h5-7,10-11,16H,4,8-9H2,1-3H3. The Hall–Kier alpha value is -1.66. The van der Waals surface area contributed by atoms with Gasteiger partial charge in [0.1, 0.15) is 0 Å². The zero-order valence-electron chi connectivity index (χ0n) is 12.6. The predicted octanol–water partition coefficient (Wildman–Crippen LogP) is 2.18. The van der Waals surface area contributed by atoms with Crippen molar-refractivity contribution >= 4 is 10.0 Å². The summed E-state index contributed by atoms with van der Waals surface area (Å²) < 4.78 is 28.8. The Labute approximate surface area is 126 Å². The molecular weight excluding hydrogens is 286 g/mol. The fourth-order valence-electron chi connectivity index (χ4n) is 2.00. The maximum absolute atomic E-state index is 12.2. The highest BCUT2D eigenvalue weighted by Gasteiger charge is 2.13. The molecule has 0 bridgehead atoms. The van der Waals surface area contributed by atoms with Gasteiger partial charge in [-0.15, -0.1) is 0 Å². The second-order valence-corrected chi connectivity index (χ2v) is 6.98. The van der Waals surface area contributed by atoms with Gasteiger partial charge in [-0.2, -0.15) is 5.10 Å². The summed E-state index contributed by atoms with van der Waals surface area (Å²) in [6.07, 6.45) is 2.60. The average molecular weight is 307 g/mol. The number of aromatic nitrogens is 2. The van der Waals surface area contributed by atoms with Crippen LogP contribution in [-0.4, -0.2) is 24.7 Å². The van der Waals surface area contributed by atoms with Gasteiger partial charge in [0.2, 0.25) is 10.0 Å². The van der Waals surface area contributed by atoms with Gasteiger partial charge in [-0.05, 0) is 56.5 Å². The highest BCUT2D eigenvalue weighted by atomic mass is 32.2. The van der Waals surface area contributed by atoms with Crippen LogP contribution in [0.5, 0.6) is 0 Å². The summed E-state index contributed by atoms with van der Waals surface area (Å²) in [5, 5.41) is 4.26. The Morgan fingerprint density at radius 1 is 1.14 bits per heavy atom. The van der Waals surface area contributed by atoms with Crippen molar-refractivity contribution in [1.29, 1.82) is 0 Å². The molecule has 1 heterocycles. The van der Waals surface area contributed by atoms with Gasteiger partial charge in [-0.25, -0.2) is 13.1 Å². The molecule has 0 aliphatic heterocycles. The largest absolute Gasteiger partial charge is 0.272 e. The first-order chi connectivity index (χ1) is 9.88. The van der Waals surface area contributed by atoms with E-state index in [4.69, 9.17) is 0 Å². The van der Waals surface area contributed by atoms with E-state index in [-0.39, 0.29) is 0 Å². The third-order valence-electron chi connectivity index (χ3n) is 3.42. The van der Waals surface area contributed by atoms with E-state index >= 15 is 0 Å². The quantitative estimate of drug-likeness (QED) is 0.832. The highest BCUT2D eigenvalue weighted by Crippen LogP contribution is 2.14. The first kappa shape index (κ1) is 15.7. The van der Waals surface area contributed by atoms with Crippen molar-refractivity contribution in [3.63, 3.8) is 0 Å². The molecular formula is C15H21N3O2S. The average Bonchev–Trinajstić information content (AvgIpc) is 2.83. The summed E-state index contributed by atoms with van der Waals surface area (Å²) in [6, 6.07) is 7.10. The van der Waals surface area contributed by atoms with Crippen LogP contribution in [0.3, 0.4) is 0 Å². The van der Waals surface area contributed by atoms with Gasteiger partial charge in [0.05, 0.1) is 10.6 Å². The molecule has 114 valence electrons. The number of aryl methyl sites for hydroxylation is 4. The molecule has 5 nitrogen and oxygen atoms in total.